The number of aliphatic hydroxyl groups is 1. The SMILES string of the molecule is CC.CSCF.OC(CNc1cc(N2CCNCC2)ncn1)c1ccccc1. The van der Waals surface area contributed by atoms with Gasteiger partial charge in [-0.2, -0.15) is 0 Å². The van der Waals surface area contributed by atoms with Crippen LogP contribution < -0.4 is 15.5 Å². The monoisotopic (exact) mass is 409 g/mol. The normalized spacial score (nSPS) is 14.1. The van der Waals surface area contributed by atoms with Crippen LogP contribution in [-0.2, 0) is 0 Å². The first-order chi connectivity index (χ1) is 13.7. The molecule has 0 aliphatic carbocycles. The molecule has 2 heterocycles. The van der Waals surface area contributed by atoms with Gasteiger partial charge in [-0.3, -0.25) is 0 Å². The number of hydrogen-bond donors (Lipinski definition) is 3. The maximum absolute atomic E-state index is 10.7. The van der Waals surface area contributed by atoms with Gasteiger partial charge in [0.15, 0.2) is 0 Å². The number of nitrogens with zero attached hydrogens (tertiary/aromatic N) is 3. The van der Waals surface area contributed by atoms with E-state index in [0.717, 1.165) is 43.4 Å². The summed E-state index contributed by atoms with van der Waals surface area (Å²) in [5, 5.41) is 16.7. The van der Waals surface area contributed by atoms with Gasteiger partial charge in [-0.25, -0.2) is 14.4 Å². The van der Waals surface area contributed by atoms with Crippen molar-refractivity contribution in [2.45, 2.75) is 20.0 Å². The molecule has 1 aliphatic rings. The van der Waals surface area contributed by atoms with E-state index in [-0.39, 0.29) is 6.01 Å². The summed E-state index contributed by atoms with van der Waals surface area (Å²) in [5.74, 6) is 1.66. The van der Waals surface area contributed by atoms with Crippen molar-refractivity contribution in [2.75, 3.05) is 55.2 Å². The van der Waals surface area contributed by atoms with Crippen molar-refractivity contribution in [3.63, 3.8) is 0 Å². The minimum absolute atomic E-state index is 0.264. The lowest BCUT2D eigenvalue weighted by Gasteiger charge is -2.28. The van der Waals surface area contributed by atoms with Crippen LogP contribution >= 0.6 is 11.8 Å². The van der Waals surface area contributed by atoms with Crippen molar-refractivity contribution >= 4 is 23.4 Å². The molecule has 3 N–H and O–H groups in total. The van der Waals surface area contributed by atoms with Gasteiger partial charge in [0.25, 0.3) is 0 Å². The van der Waals surface area contributed by atoms with Crippen molar-refractivity contribution < 1.29 is 9.50 Å². The Bertz CT molecular complexity index is 627. The van der Waals surface area contributed by atoms with E-state index in [1.165, 1.54) is 11.8 Å². The van der Waals surface area contributed by atoms with Gasteiger partial charge in [0, 0.05) is 38.8 Å². The van der Waals surface area contributed by atoms with Crippen LogP contribution in [0.5, 0.6) is 0 Å². The molecule has 3 rings (SSSR count). The smallest absolute Gasteiger partial charge is 0.135 e. The molecule has 6 nitrogen and oxygen atoms in total. The highest BCUT2D eigenvalue weighted by molar-refractivity contribution is 7.98. The molecule has 8 heteroatoms. The maximum Gasteiger partial charge on any atom is 0.135 e. The van der Waals surface area contributed by atoms with Crippen LogP contribution in [0.25, 0.3) is 0 Å². The lowest BCUT2D eigenvalue weighted by atomic mass is 10.1. The van der Waals surface area contributed by atoms with Crippen LogP contribution in [0.2, 0.25) is 0 Å². The number of aliphatic hydroxyl groups excluding tert-OH is 1. The molecule has 0 saturated carbocycles. The van der Waals surface area contributed by atoms with Crippen molar-refractivity contribution in [3.8, 4) is 0 Å². The summed E-state index contributed by atoms with van der Waals surface area (Å²) < 4.78 is 10.7. The molecule has 0 radical (unpaired) electrons. The molecule has 0 amide bonds. The second kappa shape index (κ2) is 15.1. The zero-order chi connectivity index (χ0) is 20.6. The quantitative estimate of drug-likeness (QED) is 0.676. The third-order valence-corrected chi connectivity index (χ3v) is 4.08. The fourth-order valence-corrected chi connectivity index (χ4v) is 2.50. The van der Waals surface area contributed by atoms with Crippen LogP contribution in [0.1, 0.15) is 25.5 Å². The van der Waals surface area contributed by atoms with Crippen LogP contribution in [0.15, 0.2) is 42.7 Å². The van der Waals surface area contributed by atoms with Gasteiger partial charge in [0.1, 0.15) is 24.0 Å². The van der Waals surface area contributed by atoms with Crippen molar-refractivity contribution in [3.05, 3.63) is 48.3 Å². The largest absolute Gasteiger partial charge is 0.387 e. The molecule has 1 aromatic heterocycles. The van der Waals surface area contributed by atoms with Crippen molar-refractivity contribution in [1.29, 1.82) is 0 Å². The van der Waals surface area contributed by atoms with Crippen LogP contribution in [-0.4, -0.2) is 60.1 Å². The zero-order valence-electron chi connectivity index (χ0n) is 16.9. The Morgan fingerprint density at radius 3 is 2.46 bits per heavy atom. The minimum Gasteiger partial charge on any atom is -0.387 e. The molecule has 1 fully saturated rings. The van der Waals surface area contributed by atoms with E-state index >= 15 is 0 Å². The summed E-state index contributed by atoms with van der Waals surface area (Å²) in [7, 11) is 0. The Hall–Kier alpha value is -1.90. The Morgan fingerprint density at radius 2 is 1.86 bits per heavy atom. The van der Waals surface area contributed by atoms with Crippen LogP contribution in [0, 0.1) is 0 Å². The van der Waals surface area contributed by atoms with Gasteiger partial charge in [0.2, 0.25) is 0 Å². The van der Waals surface area contributed by atoms with E-state index in [9.17, 15) is 9.50 Å². The van der Waals surface area contributed by atoms with Gasteiger partial charge in [-0.15, -0.1) is 11.8 Å². The van der Waals surface area contributed by atoms with Gasteiger partial charge in [0.05, 0.1) is 6.10 Å². The number of thioether (sulfide) groups is 1. The van der Waals surface area contributed by atoms with E-state index in [0.29, 0.717) is 6.54 Å². The molecule has 1 atom stereocenters. The second-order valence-corrected chi connectivity index (χ2v) is 6.50. The number of benzene rings is 1. The average molecular weight is 410 g/mol. The molecule has 0 bridgehead atoms. The fraction of sp³-hybridized carbons (Fsp3) is 0.500. The van der Waals surface area contributed by atoms with Crippen LogP contribution in [0.4, 0.5) is 16.0 Å². The molecule has 1 aromatic carbocycles. The molecule has 1 saturated heterocycles. The number of halogens is 1. The summed E-state index contributed by atoms with van der Waals surface area (Å²) in [6.07, 6.45) is 2.73. The fourth-order valence-electron chi connectivity index (χ4n) is 2.50. The maximum atomic E-state index is 10.7. The van der Waals surface area contributed by atoms with Gasteiger partial charge >= 0.3 is 0 Å². The third-order valence-electron chi connectivity index (χ3n) is 3.86. The van der Waals surface area contributed by atoms with E-state index in [2.05, 4.69) is 25.5 Å². The van der Waals surface area contributed by atoms with Crippen molar-refractivity contribution in [1.82, 2.24) is 15.3 Å². The Morgan fingerprint density at radius 1 is 1.21 bits per heavy atom. The Balaban J connectivity index is 0.000000583. The molecule has 0 spiro atoms. The van der Waals surface area contributed by atoms with Gasteiger partial charge < -0.3 is 20.6 Å². The van der Waals surface area contributed by atoms with E-state index in [4.69, 9.17) is 0 Å². The van der Waals surface area contributed by atoms with E-state index < -0.39 is 6.10 Å². The third kappa shape index (κ3) is 8.86. The number of aromatic nitrogens is 2. The highest BCUT2D eigenvalue weighted by atomic mass is 32.2. The minimum atomic E-state index is -0.557. The summed E-state index contributed by atoms with van der Waals surface area (Å²) in [6.45, 7) is 8.26. The highest BCUT2D eigenvalue weighted by Crippen LogP contribution is 2.16. The molecule has 156 valence electrons. The molecule has 28 heavy (non-hydrogen) atoms. The number of hydrogen-bond acceptors (Lipinski definition) is 7. The summed E-state index contributed by atoms with van der Waals surface area (Å²) in [4.78, 5) is 10.8. The number of alkyl halides is 1. The summed E-state index contributed by atoms with van der Waals surface area (Å²) in [5.41, 5.74) is 0.895. The lowest BCUT2D eigenvalue weighted by Crippen LogP contribution is -2.43. The summed E-state index contributed by atoms with van der Waals surface area (Å²) in [6, 6.07) is 11.3. The predicted octanol–water partition coefficient (Wildman–Crippen LogP) is 3.33. The van der Waals surface area contributed by atoms with E-state index in [1.54, 1.807) is 12.6 Å². The molecular weight excluding hydrogens is 377 g/mol. The number of nitrogens with one attached hydrogen (secondary N) is 2. The summed E-state index contributed by atoms with van der Waals surface area (Å²) >= 11 is 1.19. The van der Waals surface area contributed by atoms with Gasteiger partial charge in [-0.1, -0.05) is 44.2 Å². The van der Waals surface area contributed by atoms with E-state index in [1.807, 2.05) is 50.2 Å². The number of rotatable bonds is 6. The van der Waals surface area contributed by atoms with Crippen molar-refractivity contribution in [2.24, 2.45) is 0 Å². The number of piperazine rings is 1. The first kappa shape index (κ1) is 24.1. The first-order valence-corrected chi connectivity index (χ1v) is 10.9. The molecule has 2 aromatic rings. The Kier molecular flexibility index (Phi) is 13.0. The lowest BCUT2D eigenvalue weighted by molar-refractivity contribution is 0.191. The average Bonchev–Trinajstić information content (AvgIpc) is 2.80. The van der Waals surface area contributed by atoms with Gasteiger partial charge in [-0.05, 0) is 11.8 Å². The zero-order valence-corrected chi connectivity index (χ0v) is 17.8. The highest BCUT2D eigenvalue weighted by Gasteiger charge is 2.13. The molecule has 1 unspecified atom stereocenters. The number of anilines is 2. The molecule has 1 aliphatic heterocycles. The molecular formula is C20H32FN5OS. The predicted molar refractivity (Wildman–Crippen MR) is 118 cm³/mol. The Labute approximate surface area is 172 Å². The standard InChI is InChI=1S/C16H21N5O.C2H5FS.C2H6/c22-14(13-4-2-1-3-5-13)11-18-15-10-16(20-12-19-15)21-8-6-17-7-9-21;1-4-2-3;1-2/h1-5,10,12,14,17,22H,6-9,11H2,(H,18,19,20);2H2,1H3;1-2H3. The topological polar surface area (TPSA) is 73.3 Å². The first-order valence-electron chi connectivity index (χ1n) is 9.54. The second-order valence-electron chi connectivity index (χ2n) is 5.70. The van der Waals surface area contributed by atoms with Crippen LogP contribution in [0.3, 0.4) is 0 Å².